The number of benzene rings is 10. The second kappa shape index (κ2) is 15.6. The molecule has 0 saturated carbocycles. The Morgan fingerprint density at radius 1 is 0.391 bits per heavy atom. The molecule has 1 heteroatoms. The maximum absolute atomic E-state index is 2.56. The van der Waals surface area contributed by atoms with E-state index >= 15 is 0 Å². The van der Waals surface area contributed by atoms with Crippen LogP contribution in [-0.4, -0.2) is 0 Å². The number of hydrogen-bond donors (Lipinski definition) is 0. The highest BCUT2D eigenvalue weighted by Crippen LogP contribution is 2.51. The summed E-state index contributed by atoms with van der Waals surface area (Å²) in [5, 5.41) is 7.89. The van der Waals surface area contributed by atoms with Gasteiger partial charge in [-0.2, -0.15) is 0 Å². The topological polar surface area (TPSA) is 0 Å². The molecule has 1 aliphatic carbocycles. The van der Waals surface area contributed by atoms with Crippen LogP contribution in [0.3, 0.4) is 0 Å². The fourth-order valence-corrected chi connectivity index (χ4v) is 11.8. The second-order valence-corrected chi connectivity index (χ2v) is 19.5. The van der Waals surface area contributed by atoms with E-state index in [0.29, 0.717) is 5.92 Å². The van der Waals surface area contributed by atoms with Gasteiger partial charge in [0.2, 0.25) is 0 Å². The molecular weight excluding hydrogens is 789 g/mol. The monoisotopic (exact) mass is 836 g/mol. The van der Waals surface area contributed by atoms with Gasteiger partial charge in [-0.1, -0.05) is 196 Å². The molecule has 0 spiro atoms. The summed E-state index contributed by atoms with van der Waals surface area (Å²) >= 11 is 1.88. The summed E-state index contributed by atoms with van der Waals surface area (Å²) in [6.45, 7) is 4.83. The van der Waals surface area contributed by atoms with Crippen LogP contribution in [0.2, 0.25) is 0 Å². The third-order valence-corrected chi connectivity index (χ3v) is 15.4. The van der Waals surface area contributed by atoms with Gasteiger partial charge in [0, 0.05) is 25.6 Å². The summed E-state index contributed by atoms with van der Waals surface area (Å²) in [6, 6.07) is 79.9. The first-order valence-corrected chi connectivity index (χ1v) is 23.6. The fraction of sp³-hybridized carbons (Fsp3) is 0.111. The first-order chi connectivity index (χ1) is 31.4. The summed E-state index contributed by atoms with van der Waals surface area (Å²) in [7, 11) is 0. The molecule has 64 heavy (non-hydrogen) atoms. The molecule has 1 aliphatic rings. The lowest BCUT2D eigenvalue weighted by Gasteiger charge is -2.25. The minimum Gasteiger partial charge on any atom is -0.135 e. The molecule has 0 amide bonds. The Bertz CT molecular complexity index is 3530. The molecule has 1 atom stereocenters. The zero-order valence-electron chi connectivity index (χ0n) is 36.3. The number of aryl methyl sites for hydroxylation is 1. The summed E-state index contributed by atoms with van der Waals surface area (Å²) in [5.41, 5.74) is 17.3. The first kappa shape index (κ1) is 38.6. The van der Waals surface area contributed by atoms with Crippen molar-refractivity contribution in [3.8, 4) is 44.5 Å². The highest BCUT2D eigenvalue weighted by molar-refractivity contribution is 7.25. The van der Waals surface area contributed by atoms with Crippen molar-refractivity contribution in [3.05, 3.63) is 240 Å². The lowest BCUT2D eigenvalue weighted by atomic mass is 9.79. The van der Waals surface area contributed by atoms with Crippen LogP contribution in [-0.2, 0) is 18.3 Å². The van der Waals surface area contributed by atoms with Crippen LogP contribution in [0.15, 0.2) is 212 Å². The van der Waals surface area contributed by atoms with Crippen LogP contribution in [0, 0.1) is 0 Å². The van der Waals surface area contributed by atoms with Crippen LogP contribution < -0.4 is 0 Å². The van der Waals surface area contributed by atoms with E-state index in [1.807, 2.05) is 11.3 Å². The van der Waals surface area contributed by atoms with Gasteiger partial charge in [0.05, 0.1) is 0 Å². The van der Waals surface area contributed by atoms with Crippen LogP contribution in [0.25, 0.3) is 86.2 Å². The van der Waals surface area contributed by atoms with E-state index in [-0.39, 0.29) is 5.41 Å². The van der Waals surface area contributed by atoms with Gasteiger partial charge in [0.15, 0.2) is 0 Å². The molecule has 0 fully saturated rings. The Morgan fingerprint density at radius 2 is 0.969 bits per heavy atom. The largest absolute Gasteiger partial charge is 0.135 e. The van der Waals surface area contributed by atoms with Crippen LogP contribution in [0.5, 0.6) is 0 Å². The maximum Gasteiger partial charge on any atom is 0.0355 e. The minimum absolute atomic E-state index is 0.103. The maximum atomic E-state index is 2.56. The molecule has 0 nitrogen and oxygen atoms in total. The molecule has 1 unspecified atom stereocenters. The van der Waals surface area contributed by atoms with E-state index < -0.39 is 0 Å². The third kappa shape index (κ3) is 6.75. The Kier molecular flexibility index (Phi) is 9.43. The molecule has 1 heterocycles. The van der Waals surface area contributed by atoms with Gasteiger partial charge in [-0.25, -0.2) is 0 Å². The van der Waals surface area contributed by atoms with Crippen molar-refractivity contribution in [1.29, 1.82) is 0 Å². The number of thiophene rings is 1. The molecule has 10 aromatic carbocycles. The van der Waals surface area contributed by atoms with Crippen molar-refractivity contribution < 1.29 is 0 Å². The predicted molar refractivity (Wildman–Crippen MR) is 276 cm³/mol. The first-order valence-electron chi connectivity index (χ1n) is 22.8. The number of fused-ring (bicyclic) bond motifs is 9. The van der Waals surface area contributed by atoms with Crippen molar-refractivity contribution in [1.82, 2.24) is 0 Å². The van der Waals surface area contributed by atoms with Gasteiger partial charge in [-0.3, -0.25) is 0 Å². The van der Waals surface area contributed by atoms with Crippen LogP contribution >= 0.6 is 11.3 Å². The van der Waals surface area contributed by atoms with Crippen molar-refractivity contribution in [2.24, 2.45) is 0 Å². The van der Waals surface area contributed by atoms with Crippen molar-refractivity contribution in [3.63, 3.8) is 0 Å². The number of rotatable bonds is 9. The zero-order chi connectivity index (χ0) is 42.8. The molecular formula is C63H48S. The van der Waals surface area contributed by atoms with Crippen LogP contribution in [0.4, 0.5) is 0 Å². The summed E-state index contributed by atoms with van der Waals surface area (Å²) in [5.74, 6) is 0.353. The van der Waals surface area contributed by atoms with E-state index in [1.54, 1.807) is 0 Å². The quantitative estimate of drug-likeness (QED) is 0.127. The molecule has 0 aliphatic heterocycles. The Hall–Kier alpha value is -7.06. The molecule has 11 aromatic rings. The molecule has 0 radical (unpaired) electrons. The molecule has 0 N–H and O–H groups in total. The van der Waals surface area contributed by atoms with Gasteiger partial charge in [-0.05, 0) is 149 Å². The molecule has 0 bridgehead atoms. The lowest BCUT2D eigenvalue weighted by molar-refractivity contribution is 0.614. The van der Waals surface area contributed by atoms with E-state index in [0.717, 1.165) is 19.3 Å². The Balaban J connectivity index is 0.864. The van der Waals surface area contributed by atoms with Gasteiger partial charge in [0.1, 0.15) is 0 Å². The van der Waals surface area contributed by atoms with Gasteiger partial charge in [-0.15, -0.1) is 11.3 Å². The van der Waals surface area contributed by atoms with Crippen molar-refractivity contribution >= 4 is 53.1 Å². The van der Waals surface area contributed by atoms with E-state index in [4.69, 9.17) is 0 Å². The zero-order valence-corrected chi connectivity index (χ0v) is 37.1. The van der Waals surface area contributed by atoms with E-state index in [1.165, 1.54) is 114 Å². The van der Waals surface area contributed by atoms with Gasteiger partial charge in [0.25, 0.3) is 0 Å². The SMILES string of the molecule is CC1(C)c2cc(-c3ccccc3)ccc2-c2ccc(C(CCc3ccc(-c4ccc5sc6ccccc6c5c4)cc3)Cc3ccc(-c4cc5ccccc5c5ccccc45)cc3)cc21. The summed E-state index contributed by atoms with van der Waals surface area (Å²) in [4.78, 5) is 0. The normalized spacial score (nSPS) is 13.4. The standard InChI is InChI=1S/C63H48S/c1-63(2)59-39-48(43-12-4-3-5-13-43)30-33-54(59)55-34-31-49(40-60(55)63)46(29-22-41-20-25-44(26-21-41)47-32-35-62-58(37-47)56-18-10-11-19-61(56)64-62)36-42-23-27-45(28-24-42)57-38-50-14-6-7-15-51(50)52-16-8-9-17-53(52)57/h3-21,23-28,30-35,37-40,46H,22,29,36H2,1-2H3. The second-order valence-electron chi connectivity index (χ2n) is 18.4. The van der Waals surface area contributed by atoms with E-state index in [9.17, 15) is 0 Å². The summed E-state index contributed by atoms with van der Waals surface area (Å²) < 4.78 is 2.70. The average Bonchev–Trinajstić information content (AvgIpc) is 3.83. The lowest BCUT2D eigenvalue weighted by Crippen LogP contribution is -2.16. The highest BCUT2D eigenvalue weighted by atomic mass is 32.1. The predicted octanol–water partition coefficient (Wildman–Crippen LogP) is 17.6. The summed E-state index contributed by atoms with van der Waals surface area (Å²) in [6.07, 6.45) is 3.06. The molecule has 1 aromatic heterocycles. The Morgan fingerprint density at radius 3 is 1.78 bits per heavy atom. The smallest absolute Gasteiger partial charge is 0.0355 e. The van der Waals surface area contributed by atoms with Gasteiger partial charge < -0.3 is 0 Å². The molecule has 0 saturated heterocycles. The highest BCUT2D eigenvalue weighted by Gasteiger charge is 2.36. The van der Waals surface area contributed by atoms with E-state index in [2.05, 4.69) is 226 Å². The fourth-order valence-electron chi connectivity index (χ4n) is 10.7. The minimum atomic E-state index is -0.103. The molecule has 306 valence electrons. The Labute approximate surface area is 380 Å². The van der Waals surface area contributed by atoms with Crippen molar-refractivity contribution in [2.75, 3.05) is 0 Å². The van der Waals surface area contributed by atoms with Crippen LogP contribution in [0.1, 0.15) is 54.0 Å². The van der Waals surface area contributed by atoms with Crippen molar-refractivity contribution in [2.45, 2.75) is 44.4 Å². The van der Waals surface area contributed by atoms with Gasteiger partial charge >= 0.3 is 0 Å². The number of hydrogen-bond acceptors (Lipinski definition) is 1. The molecule has 12 rings (SSSR count). The average molecular weight is 837 g/mol. The third-order valence-electron chi connectivity index (χ3n) is 14.2.